The Bertz CT molecular complexity index is 1130. The molecule has 0 aliphatic rings. The maximum atomic E-state index is 6.16. The Morgan fingerprint density at radius 3 is 2.18 bits per heavy atom. The van der Waals surface area contributed by atoms with Gasteiger partial charge < -0.3 is 14.2 Å². The van der Waals surface area contributed by atoms with Gasteiger partial charge in [-0.25, -0.2) is 4.98 Å². The fourth-order valence-electron chi connectivity index (χ4n) is 3.27. The van der Waals surface area contributed by atoms with Gasteiger partial charge in [0.15, 0.2) is 11.5 Å². The Morgan fingerprint density at radius 1 is 0.821 bits per heavy atom. The highest BCUT2D eigenvalue weighted by Gasteiger charge is 2.15. The number of benzene rings is 3. The van der Waals surface area contributed by atoms with Crippen molar-refractivity contribution in [3.63, 3.8) is 0 Å². The molecule has 6 heteroatoms. The van der Waals surface area contributed by atoms with E-state index < -0.39 is 0 Å². The van der Waals surface area contributed by atoms with Gasteiger partial charge in [0.25, 0.3) is 0 Å². The van der Waals surface area contributed by atoms with E-state index in [1.165, 1.54) is 0 Å². The first-order valence-corrected chi connectivity index (χ1v) is 9.06. The SMILES string of the molecule is COc1cc(-n2cnc3ccc(-c4cccc(Cl)c4)cc32)cc(OC)c1OC. The summed E-state index contributed by atoms with van der Waals surface area (Å²) in [6, 6.07) is 17.7. The fraction of sp³-hybridized carbons (Fsp3) is 0.136. The topological polar surface area (TPSA) is 45.5 Å². The molecule has 28 heavy (non-hydrogen) atoms. The molecule has 0 aliphatic carbocycles. The molecule has 0 saturated heterocycles. The molecule has 0 bridgehead atoms. The van der Waals surface area contributed by atoms with Crippen LogP contribution in [0.5, 0.6) is 17.2 Å². The Labute approximate surface area is 168 Å². The minimum atomic E-state index is 0.554. The number of nitrogens with zero attached hydrogens (tertiary/aromatic N) is 2. The van der Waals surface area contributed by atoms with E-state index in [0.717, 1.165) is 27.8 Å². The van der Waals surface area contributed by atoms with Crippen LogP contribution in [-0.4, -0.2) is 30.9 Å². The second-order valence-corrected chi connectivity index (χ2v) is 6.65. The number of imidazole rings is 1. The van der Waals surface area contributed by atoms with Crippen molar-refractivity contribution in [2.75, 3.05) is 21.3 Å². The lowest BCUT2D eigenvalue weighted by atomic mass is 10.1. The zero-order chi connectivity index (χ0) is 19.7. The predicted molar refractivity (Wildman–Crippen MR) is 111 cm³/mol. The maximum Gasteiger partial charge on any atom is 0.203 e. The molecule has 1 heterocycles. The fourth-order valence-corrected chi connectivity index (χ4v) is 3.46. The molecule has 0 aliphatic heterocycles. The molecule has 4 aromatic rings. The minimum absolute atomic E-state index is 0.554. The molecule has 5 nitrogen and oxygen atoms in total. The first-order chi connectivity index (χ1) is 13.6. The average Bonchev–Trinajstić information content (AvgIpc) is 3.15. The largest absolute Gasteiger partial charge is 0.493 e. The van der Waals surface area contributed by atoms with Crippen LogP contribution in [0.1, 0.15) is 0 Å². The lowest BCUT2D eigenvalue weighted by Gasteiger charge is -2.15. The second-order valence-electron chi connectivity index (χ2n) is 6.21. The summed E-state index contributed by atoms with van der Waals surface area (Å²) in [5.74, 6) is 1.73. The third-order valence-corrected chi connectivity index (χ3v) is 4.87. The summed E-state index contributed by atoms with van der Waals surface area (Å²) in [5.41, 5.74) is 4.82. The summed E-state index contributed by atoms with van der Waals surface area (Å²) in [7, 11) is 4.79. The van der Waals surface area contributed by atoms with Gasteiger partial charge >= 0.3 is 0 Å². The highest BCUT2D eigenvalue weighted by atomic mass is 35.5. The highest BCUT2D eigenvalue weighted by Crippen LogP contribution is 2.40. The van der Waals surface area contributed by atoms with E-state index in [-0.39, 0.29) is 0 Å². The van der Waals surface area contributed by atoms with Crippen LogP contribution in [0.3, 0.4) is 0 Å². The molecule has 142 valence electrons. The average molecular weight is 395 g/mol. The standard InChI is InChI=1S/C22H19ClN2O3/c1-26-20-11-17(12-21(27-2)22(20)28-3)25-13-24-18-8-7-15(10-19(18)25)14-5-4-6-16(23)9-14/h4-13H,1-3H3. The Hall–Kier alpha value is -3.18. The summed E-state index contributed by atoms with van der Waals surface area (Å²) in [6.07, 6.45) is 1.78. The van der Waals surface area contributed by atoms with Crippen LogP contribution >= 0.6 is 11.6 Å². The zero-order valence-electron chi connectivity index (χ0n) is 15.8. The van der Waals surface area contributed by atoms with Gasteiger partial charge in [-0.15, -0.1) is 0 Å². The molecule has 0 amide bonds. The van der Waals surface area contributed by atoms with Crippen molar-refractivity contribution in [2.24, 2.45) is 0 Å². The minimum Gasteiger partial charge on any atom is -0.493 e. The second kappa shape index (κ2) is 7.44. The predicted octanol–water partition coefficient (Wildman–Crippen LogP) is 5.37. The number of methoxy groups -OCH3 is 3. The van der Waals surface area contributed by atoms with Gasteiger partial charge in [-0.2, -0.15) is 0 Å². The van der Waals surface area contributed by atoms with Crippen LogP contribution in [-0.2, 0) is 0 Å². The van der Waals surface area contributed by atoms with Crippen molar-refractivity contribution in [1.82, 2.24) is 9.55 Å². The third kappa shape index (κ3) is 3.14. The van der Waals surface area contributed by atoms with Crippen molar-refractivity contribution in [3.05, 3.63) is 65.9 Å². The first-order valence-electron chi connectivity index (χ1n) is 8.68. The number of ether oxygens (including phenoxy) is 3. The molecule has 0 saturated carbocycles. The Kier molecular flexibility index (Phi) is 4.84. The normalized spacial score (nSPS) is 10.9. The number of fused-ring (bicyclic) bond motifs is 1. The number of rotatable bonds is 5. The van der Waals surface area contributed by atoms with Crippen LogP contribution in [0, 0.1) is 0 Å². The maximum absolute atomic E-state index is 6.16. The molecule has 0 fully saturated rings. The molecule has 0 unspecified atom stereocenters. The van der Waals surface area contributed by atoms with Crippen LogP contribution < -0.4 is 14.2 Å². The molecular formula is C22H19ClN2O3. The van der Waals surface area contributed by atoms with Crippen molar-refractivity contribution in [2.45, 2.75) is 0 Å². The van der Waals surface area contributed by atoms with Gasteiger partial charge in [-0.1, -0.05) is 29.8 Å². The van der Waals surface area contributed by atoms with Gasteiger partial charge in [0.2, 0.25) is 5.75 Å². The number of aromatic nitrogens is 2. The van der Waals surface area contributed by atoms with Crippen LogP contribution in [0.4, 0.5) is 0 Å². The van der Waals surface area contributed by atoms with E-state index in [2.05, 4.69) is 11.1 Å². The van der Waals surface area contributed by atoms with E-state index in [0.29, 0.717) is 22.3 Å². The summed E-state index contributed by atoms with van der Waals surface area (Å²) in [5, 5.41) is 0.704. The molecule has 0 atom stereocenters. The van der Waals surface area contributed by atoms with Gasteiger partial charge in [-0.05, 0) is 35.4 Å². The highest BCUT2D eigenvalue weighted by molar-refractivity contribution is 6.30. The summed E-state index contributed by atoms with van der Waals surface area (Å²) in [4.78, 5) is 4.52. The molecule has 1 aromatic heterocycles. The quantitative estimate of drug-likeness (QED) is 0.456. The van der Waals surface area contributed by atoms with Crippen LogP contribution in [0.15, 0.2) is 60.9 Å². The smallest absolute Gasteiger partial charge is 0.203 e. The Balaban J connectivity index is 1.89. The van der Waals surface area contributed by atoms with Crippen molar-refractivity contribution in [1.29, 1.82) is 0 Å². The number of halogens is 1. The third-order valence-electron chi connectivity index (χ3n) is 4.63. The van der Waals surface area contributed by atoms with Gasteiger partial charge in [0.1, 0.15) is 6.33 Å². The summed E-state index contributed by atoms with van der Waals surface area (Å²) in [6.45, 7) is 0. The molecule has 3 aromatic carbocycles. The van der Waals surface area contributed by atoms with Crippen LogP contribution in [0.2, 0.25) is 5.02 Å². The first kappa shape index (κ1) is 18.2. The lowest BCUT2D eigenvalue weighted by Crippen LogP contribution is -1.99. The molecule has 0 N–H and O–H groups in total. The van der Waals surface area contributed by atoms with Crippen molar-refractivity contribution >= 4 is 22.6 Å². The molecule has 4 rings (SSSR count). The summed E-state index contributed by atoms with van der Waals surface area (Å²) < 4.78 is 18.4. The summed E-state index contributed by atoms with van der Waals surface area (Å²) >= 11 is 6.16. The number of hydrogen-bond donors (Lipinski definition) is 0. The lowest BCUT2D eigenvalue weighted by molar-refractivity contribution is 0.324. The van der Waals surface area contributed by atoms with Crippen LogP contribution in [0.25, 0.3) is 27.8 Å². The monoisotopic (exact) mass is 394 g/mol. The van der Waals surface area contributed by atoms with Crippen molar-refractivity contribution < 1.29 is 14.2 Å². The van der Waals surface area contributed by atoms with Gasteiger partial charge in [0.05, 0.1) is 38.1 Å². The molecular weight excluding hydrogens is 376 g/mol. The molecule has 0 spiro atoms. The van der Waals surface area contributed by atoms with E-state index in [4.69, 9.17) is 25.8 Å². The van der Waals surface area contributed by atoms with Gasteiger partial charge in [-0.3, -0.25) is 4.57 Å². The van der Waals surface area contributed by atoms with Gasteiger partial charge in [0, 0.05) is 17.2 Å². The van der Waals surface area contributed by atoms with Crippen molar-refractivity contribution in [3.8, 4) is 34.1 Å². The number of hydrogen-bond acceptors (Lipinski definition) is 4. The molecule has 0 radical (unpaired) electrons. The van der Waals surface area contributed by atoms with E-state index in [9.17, 15) is 0 Å². The van der Waals surface area contributed by atoms with E-state index in [1.54, 1.807) is 27.7 Å². The zero-order valence-corrected chi connectivity index (χ0v) is 16.5. The van der Waals surface area contributed by atoms with E-state index in [1.807, 2.05) is 53.1 Å². The Morgan fingerprint density at radius 2 is 1.54 bits per heavy atom. The van der Waals surface area contributed by atoms with E-state index >= 15 is 0 Å².